The number of benzene rings is 2. The summed E-state index contributed by atoms with van der Waals surface area (Å²) in [6.45, 7) is 0.756. The fourth-order valence-corrected chi connectivity index (χ4v) is 2.84. The summed E-state index contributed by atoms with van der Waals surface area (Å²) in [4.78, 5) is 0. The highest BCUT2D eigenvalue weighted by molar-refractivity contribution is 5.36. The van der Waals surface area contributed by atoms with Gasteiger partial charge in [-0.2, -0.15) is 0 Å². The molecule has 2 aromatic rings. The first-order valence-electron chi connectivity index (χ1n) is 6.77. The molecular weight excluding hydrogens is 239 g/mol. The highest BCUT2D eigenvalue weighted by Crippen LogP contribution is 2.41. The van der Waals surface area contributed by atoms with Gasteiger partial charge < -0.3 is 4.74 Å². The summed E-state index contributed by atoms with van der Waals surface area (Å²) < 4.78 is 19.3. The van der Waals surface area contributed by atoms with Gasteiger partial charge in [0.25, 0.3) is 0 Å². The predicted molar refractivity (Wildman–Crippen MR) is 73.4 cm³/mol. The summed E-state index contributed by atoms with van der Waals surface area (Å²) in [5.41, 5.74) is 1.79. The lowest BCUT2D eigenvalue weighted by atomic mass is 9.80. The molecule has 19 heavy (non-hydrogen) atoms. The quantitative estimate of drug-likeness (QED) is 0.779. The van der Waals surface area contributed by atoms with Crippen LogP contribution in [-0.4, -0.2) is 6.61 Å². The first-order valence-corrected chi connectivity index (χ1v) is 6.77. The molecule has 1 atom stereocenters. The van der Waals surface area contributed by atoms with Gasteiger partial charge in [-0.1, -0.05) is 42.5 Å². The molecule has 1 saturated heterocycles. The molecule has 1 nitrogen and oxygen atoms in total. The topological polar surface area (TPSA) is 9.23 Å². The second-order valence-electron chi connectivity index (χ2n) is 5.01. The SMILES string of the molecule is Fc1ccc(C2(c3ccccc3)CCCCO2)cc1. The van der Waals surface area contributed by atoms with Crippen LogP contribution in [0.4, 0.5) is 4.39 Å². The first kappa shape index (κ1) is 12.4. The van der Waals surface area contributed by atoms with Crippen molar-refractivity contribution in [3.8, 4) is 0 Å². The van der Waals surface area contributed by atoms with Crippen molar-refractivity contribution in [2.45, 2.75) is 24.9 Å². The Morgan fingerprint density at radius 2 is 1.53 bits per heavy atom. The van der Waals surface area contributed by atoms with E-state index in [1.165, 1.54) is 12.1 Å². The van der Waals surface area contributed by atoms with Gasteiger partial charge >= 0.3 is 0 Å². The number of ether oxygens (including phenoxy) is 1. The summed E-state index contributed by atoms with van der Waals surface area (Å²) in [7, 11) is 0. The van der Waals surface area contributed by atoms with Gasteiger partial charge in [0.05, 0.1) is 0 Å². The lowest BCUT2D eigenvalue weighted by Gasteiger charge is -2.38. The molecule has 0 aromatic heterocycles. The van der Waals surface area contributed by atoms with Gasteiger partial charge in [-0.15, -0.1) is 0 Å². The lowest BCUT2D eigenvalue weighted by molar-refractivity contribution is -0.0533. The number of rotatable bonds is 2. The molecular formula is C17H17FO. The van der Waals surface area contributed by atoms with Gasteiger partial charge in [-0.25, -0.2) is 4.39 Å². The Kier molecular flexibility index (Phi) is 3.34. The van der Waals surface area contributed by atoms with Crippen molar-refractivity contribution in [2.24, 2.45) is 0 Å². The minimum atomic E-state index is -0.410. The van der Waals surface area contributed by atoms with E-state index >= 15 is 0 Å². The Morgan fingerprint density at radius 1 is 0.842 bits per heavy atom. The number of hydrogen-bond donors (Lipinski definition) is 0. The third kappa shape index (κ3) is 2.28. The van der Waals surface area contributed by atoms with E-state index in [1.54, 1.807) is 0 Å². The molecule has 0 N–H and O–H groups in total. The van der Waals surface area contributed by atoms with Gasteiger partial charge in [0.2, 0.25) is 0 Å². The van der Waals surface area contributed by atoms with Crippen molar-refractivity contribution in [1.29, 1.82) is 0 Å². The van der Waals surface area contributed by atoms with E-state index in [0.29, 0.717) is 0 Å². The molecule has 0 spiro atoms. The zero-order chi connectivity index (χ0) is 13.1. The number of hydrogen-bond acceptors (Lipinski definition) is 1. The Bertz CT molecular complexity index is 527. The summed E-state index contributed by atoms with van der Waals surface area (Å²) >= 11 is 0. The molecule has 0 amide bonds. The standard InChI is InChI=1S/C17H17FO/c18-16-10-8-15(9-11-16)17(12-4-5-13-19-17)14-6-2-1-3-7-14/h1-3,6-11H,4-5,12-13H2. The maximum Gasteiger partial charge on any atom is 0.123 e. The van der Waals surface area contributed by atoms with Crippen molar-refractivity contribution in [3.63, 3.8) is 0 Å². The van der Waals surface area contributed by atoms with Crippen LogP contribution in [0.2, 0.25) is 0 Å². The smallest absolute Gasteiger partial charge is 0.123 e. The Balaban J connectivity index is 2.09. The first-order chi connectivity index (χ1) is 9.31. The lowest BCUT2D eigenvalue weighted by Crippen LogP contribution is -2.34. The average molecular weight is 256 g/mol. The van der Waals surface area contributed by atoms with E-state index in [0.717, 1.165) is 37.0 Å². The molecule has 98 valence electrons. The van der Waals surface area contributed by atoms with Gasteiger partial charge in [0.15, 0.2) is 0 Å². The average Bonchev–Trinajstić information content (AvgIpc) is 2.49. The third-order valence-corrected chi connectivity index (χ3v) is 3.82. The van der Waals surface area contributed by atoms with Crippen LogP contribution in [0.15, 0.2) is 54.6 Å². The third-order valence-electron chi connectivity index (χ3n) is 3.82. The molecule has 3 rings (SSSR count). The normalized spacial score (nSPS) is 23.2. The minimum absolute atomic E-state index is 0.206. The van der Waals surface area contributed by atoms with Crippen LogP contribution >= 0.6 is 0 Å². The fourth-order valence-electron chi connectivity index (χ4n) is 2.84. The van der Waals surface area contributed by atoms with E-state index in [4.69, 9.17) is 4.74 Å². The van der Waals surface area contributed by atoms with Crippen molar-refractivity contribution in [1.82, 2.24) is 0 Å². The molecule has 0 bridgehead atoms. The highest BCUT2D eigenvalue weighted by Gasteiger charge is 2.36. The molecule has 1 aliphatic rings. The van der Waals surface area contributed by atoms with E-state index in [9.17, 15) is 4.39 Å². The Labute approximate surface area is 113 Å². The van der Waals surface area contributed by atoms with Gasteiger partial charge in [0, 0.05) is 6.61 Å². The van der Waals surface area contributed by atoms with E-state index < -0.39 is 5.60 Å². The highest BCUT2D eigenvalue weighted by atomic mass is 19.1. The van der Waals surface area contributed by atoms with Gasteiger partial charge in [0.1, 0.15) is 11.4 Å². The second kappa shape index (κ2) is 5.14. The Hall–Kier alpha value is -1.67. The summed E-state index contributed by atoms with van der Waals surface area (Å²) in [6, 6.07) is 16.9. The van der Waals surface area contributed by atoms with Crippen molar-refractivity contribution >= 4 is 0 Å². The molecule has 0 radical (unpaired) electrons. The van der Waals surface area contributed by atoms with Crippen LogP contribution in [0.5, 0.6) is 0 Å². The largest absolute Gasteiger partial charge is 0.366 e. The van der Waals surface area contributed by atoms with E-state index in [2.05, 4.69) is 12.1 Å². The van der Waals surface area contributed by atoms with Crippen LogP contribution in [0.3, 0.4) is 0 Å². The molecule has 1 fully saturated rings. The van der Waals surface area contributed by atoms with Crippen LogP contribution < -0.4 is 0 Å². The molecule has 1 unspecified atom stereocenters. The summed E-state index contributed by atoms with van der Waals surface area (Å²) in [6.07, 6.45) is 3.17. The molecule has 1 heterocycles. The zero-order valence-corrected chi connectivity index (χ0v) is 10.8. The second-order valence-corrected chi connectivity index (χ2v) is 5.01. The van der Waals surface area contributed by atoms with Gasteiger partial charge in [-0.3, -0.25) is 0 Å². The maximum absolute atomic E-state index is 13.1. The molecule has 2 aromatic carbocycles. The van der Waals surface area contributed by atoms with E-state index in [1.807, 2.05) is 30.3 Å². The predicted octanol–water partition coefficient (Wildman–Crippen LogP) is 4.27. The van der Waals surface area contributed by atoms with Crippen LogP contribution in [0.1, 0.15) is 30.4 Å². The van der Waals surface area contributed by atoms with Crippen molar-refractivity contribution < 1.29 is 9.13 Å². The molecule has 2 heteroatoms. The van der Waals surface area contributed by atoms with E-state index in [-0.39, 0.29) is 5.82 Å². The monoisotopic (exact) mass is 256 g/mol. The fraction of sp³-hybridized carbons (Fsp3) is 0.294. The molecule has 1 aliphatic heterocycles. The zero-order valence-electron chi connectivity index (χ0n) is 10.8. The maximum atomic E-state index is 13.1. The van der Waals surface area contributed by atoms with Crippen LogP contribution in [0, 0.1) is 5.82 Å². The summed E-state index contributed by atoms with van der Waals surface area (Å²) in [5, 5.41) is 0. The molecule has 0 saturated carbocycles. The molecule has 0 aliphatic carbocycles. The van der Waals surface area contributed by atoms with Crippen LogP contribution in [-0.2, 0) is 10.3 Å². The van der Waals surface area contributed by atoms with Crippen LogP contribution in [0.25, 0.3) is 0 Å². The van der Waals surface area contributed by atoms with Gasteiger partial charge in [-0.05, 0) is 42.5 Å². The van der Waals surface area contributed by atoms with Crippen molar-refractivity contribution in [3.05, 3.63) is 71.5 Å². The number of halogens is 1. The minimum Gasteiger partial charge on any atom is -0.366 e. The summed E-state index contributed by atoms with van der Waals surface area (Å²) in [5.74, 6) is -0.206. The van der Waals surface area contributed by atoms with Crippen molar-refractivity contribution in [2.75, 3.05) is 6.61 Å². The Morgan fingerprint density at radius 3 is 2.16 bits per heavy atom.